The summed E-state index contributed by atoms with van der Waals surface area (Å²) in [6, 6.07) is 0. The van der Waals surface area contributed by atoms with Gasteiger partial charge in [-0.15, -0.1) is 0 Å². The van der Waals surface area contributed by atoms with E-state index in [9.17, 15) is 13.2 Å². The molecule has 84 valence electrons. The zero-order valence-electron chi connectivity index (χ0n) is 7.80. The van der Waals surface area contributed by atoms with E-state index in [0.717, 1.165) is 13.1 Å². The highest BCUT2D eigenvalue weighted by atomic mass is 32.2. The van der Waals surface area contributed by atoms with Crippen molar-refractivity contribution in [3.63, 3.8) is 0 Å². The van der Waals surface area contributed by atoms with Gasteiger partial charge < -0.3 is 15.3 Å². The fourth-order valence-electron chi connectivity index (χ4n) is 0.856. The molecule has 3 N–H and O–H groups in total. The highest BCUT2D eigenvalue weighted by molar-refractivity contribution is 7.85. The third-order valence-electron chi connectivity index (χ3n) is 1.39. The molecule has 0 aromatic carbocycles. The molecule has 14 heavy (non-hydrogen) atoms. The average Bonchev–Trinajstić information content (AvgIpc) is 2.03. The molecule has 0 bridgehead atoms. The lowest BCUT2D eigenvalue weighted by molar-refractivity contribution is 0.139. The van der Waals surface area contributed by atoms with Gasteiger partial charge >= 0.3 is 6.09 Å². The number of hydrogen-bond acceptors (Lipinski definition) is 4. The van der Waals surface area contributed by atoms with Crippen LogP contribution >= 0.6 is 0 Å². The number of piperazine rings is 1. The summed E-state index contributed by atoms with van der Waals surface area (Å²) >= 11 is 0. The van der Waals surface area contributed by atoms with Crippen LogP contribution in [0.5, 0.6) is 0 Å². The molecule has 1 saturated heterocycles. The normalized spacial score (nSPS) is 16.9. The van der Waals surface area contributed by atoms with Crippen LogP contribution in [0, 0.1) is 0 Å². The molecule has 8 heteroatoms. The molecule has 0 atom stereocenters. The summed E-state index contributed by atoms with van der Waals surface area (Å²) in [5.74, 6) is 0. The standard InChI is InChI=1S/C5H10N2O2.CH4O3S/c8-5(9)7-3-1-6-2-4-7;1-5(2,3)4/h6H,1-4H2,(H,8,9);1H3,(H,2,3,4). The zero-order chi connectivity index (χ0) is 11.2. The first-order chi connectivity index (χ1) is 6.30. The van der Waals surface area contributed by atoms with Crippen molar-refractivity contribution in [3.8, 4) is 0 Å². The van der Waals surface area contributed by atoms with Gasteiger partial charge in [-0.25, -0.2) is 4.79 Å². The van der Waals surface area contributed by atoms with Gasteiger partial charge in [-0.1, -0.05) is 0 Å². The minimum Gasteiger partial charge on any atom is -0.465 e. The predicted molar refractivity (Wildman–Crippen MR) is 49.9 cm³/mol. The van der Waals surface area contributed by atoms with Crippen molar-refractivity contribution < 1.29 is 22.9 Å². The fourth-order valence-corrected chi connectivity index (χ4v) is 0.856. The second-order valence-electron chi connectivity index (χ2n) is 2.75. The van der Waals surface area contributed by atoms with Crippen LogP contribution in [0.2, 0.25) is 0 Å². The Labute approximate surface area is 82.5 Å². The SMILES string of the molecule is CS(=O)(=O)O.O=C(O)N1CCNCC1. The van der Waals surface area contributed by atoms with Crippen molar-refractivity contribution >= 4 is 16.2 Å². The van der Waals surface area contributed by atoms with E-state index in [2.05, 4.69) is 5.32 Å². The molecular formula is C6H14N2O5S. The van der Waals surface area contributed by atoms with Gasteiger partial charge in [-0.05, 0) is 0 Å². The Morgan fingerprint density at radius 3 is 1.93 bits per heavy atom. The van der Waals surface area contributed by atoms with E-state index >= 15 is 0 Å². The Kier molecular flexibility index (Phi) is 5.43. The average molecular weight is 226 g/mol. The van der Waals surface area contributed by atoms with Crippen molar-refractivity contribution in [1.82, 2.24) is 10.2 Å². The van der Waals surface area contributed by atoms with E-state index in [0.29, 0.717) is 19.3 Å². The third-order valence-corrected chi connectivity index (χ3v) is 1.39. The van der Waals surface area contributed by atoms with Gasteiger partial charge in [0.2, 0.25) is 0 Å². The molecule has 0 aliphatic carbocycles. The minimum atomic E-state index is -3.67. The molecule has 1 amide bonds. The second-order valence-corrected chi connectivity index (χ2v) is 4.22. The summed E-state index contributed by atoms with van der Waals surface area (Å²) in [7, 11) is -3.67. The maximum atomic E-state index is 10.3. The van der Waals surface area contributed by atoms with Crippen molar-refractivity contribution in [2.45, 2.75) is 0 Å². The molecule has 0 radical (unpaired) electrons. The molecule has 0 aromatic rings. The van der Waals surface area contributed by atoms with Crippen LogP contribution in [0.25, 0.3) is 0 Å². The van der Waals surface area contributed by atoms with E-state index in [1.165, 1.54) is 4.90 Å². The number of carbonyl (C=O) groups is 1. The number of rotatable bonds is 0. The van der Waals surface area contributed by atoms with Gasteiger partial charge in [0.05, 0.1) is 6.26 Å². The van der Waals surface area contributed by atoms with Crippen LogP contribution in [-0.2, 0) is 10.1 Å². The monoisotopic (exact) mass is 226 g/mol. The summed E-state index contributed by atoms with van der Waals surface area (Å²) in [4.78, 5) is 11.7. The lowest BCUT2D eigenvalue weighted by atomic mass is 10.4. The predicted octanol–water partition coefficient (Wildman–Crippen LogP) is -0.926. The zero-order valence-corrected chi connectivity index (χ0v) is 8.62. The number of amides is 1. The Hall–Kier alpha value is -0.860. The minimum absolute atomic E-state index is 0.620. The van der Waals surface area contributed by atoms with Gasteiger partial charge in [-0.2, -0.15) is 8.42 Å². The van der Waals surface area contributed by atoms with Crippen LogP contribution in [0.4, 0.5) is 4.79 Å². The Bertz CT molecular complexity index is 262. The molecule has 1 heterocycles. The molecule has 1 aliphatic rings. The lowest BCUT2D eigenvalue weighted by Gasteiger charge is -2.23. The summed E-state index contributed by atoms with van der Waals surface area (Å²) in [5.41, 5.74) is 0. The molecule has 7 nitrogen and oxygen atoms in total. The summed E-state index contributed by atoms with van der Waals surface area (Å²) in [5, 5.41) is 11.5. The van der Waals surface area contributed by atoms with Crippen molar-refractivity contribution in [2.75, 3.05) is 32.4 Å². The molecule has 0 aromatic heterocycles. The smallest absolute Gasteiger partial charge is 0.407 e. The quantitative estimate of drug-likeness (QED) is 0.461. The number of carboxylic acid groups (broad SMARTS) is 1. The van der Waals surface area contributed by atoms with Crippen molar-refractivity contribution in [3.05, 3.63) is 0 Å². The van der Waals surface area contributed by atoms with E-state index in [-0.39, 0.29) is 0 Å². The van der Waals surface area contributed by atoms with Gasteiger partial charge in [0.25, 0.3) is 10.1 Å². The highest BCUT2D eigenvalue weighted by Gasteiger charge is 2.13. The second kappa shape index (κ2) is 5.78. The van der Waals surface area contributed by atoms with Crippen LogP contribution in [-0.4, -0.2) is 61.5 Å². The largest absolute Gasteiger partial charge is 0.465 e. The van der Waals surface area contributed by atoms with Crippen LogP contribution in [0.3, 0.4) is 0 Å². The maximum Gasteiger partial charge on any atom is 0.407 e. The maximum absolute atomic E-state index is 10.3. The molecule has 1 fully saturated rings. The number of hydrogen-bond donors (Lipinski definition) is 3. The third kappa shape index (κ3) is 9.23. The van der Waals surface area contributed by atoms with Crippen LogP contribution in [0.1, 0.15) is 0 Å². The van der Waals surface area contributed by atoms with E-state index < -0.39 is 16.2 Å². The Morgan fingerprint density at radius 2 is 1.71 bits per heavy atom. The number of nitrogens with one attached hydrogen (secondary N) is 1. The Morgan fingerprint density at radius 1 is 1.36 bits per heavy atom. The first kappa shape index (κ1) is 13.1. The molecule has 0 saturated carbocycles. The summed E-state index contributed by atoms with van der Waals surface area (Å²) < 4.78 is 25.9. The van der Waals surface area contributed by atoms with E-state index in [1.54, 1.807) is 0 Å². The van der Waals surface area contributed by atoms with Crippen LogP contribution < -0.4 is 5.32 Å². The molecule has 1 rings (SSSR count). The molecule has 1 aliphatic heterocycles. The first-order valence-electron chi connectivity index (χ1n) is 3.92. The summed E-state index contributed by atoms with van der Waals surface area (Å²) in [6.45, 7) is 2.81. The van der Waals surface area contributed by atoms with Crippen molar-refractivity contribution in [1.29, 1.82) is 0 Å². The topological polar surface area (TPSA) is 107 Å². The summed E-state index contributed by atoms with van der Waals surface area (Å²) in [6.07, 6.45) is -0.0935. The van der Waals surface area contributed by atoms with Gasteiger partial charge in [0.15, 0.2) is 0 Å². The highest BCUT2D eigenvalue weighted by Crippen LogP contribution is 1.90. The molecule has 0 spiro atoms. The lowest BCUT2D eigenvalue weighted by Crippen LogP contribution is -2.45. The number of nitrogens with zero attached hydrogens (tertiary/aromatic N) is 1. The van der Waals surface area contributed by atoms with Crippen molar-refractivity contribution in [2.24, 2.45) is 0 Å². The first-order valence-corrected chi connectivity index (χ1v) is 5.76. The van der Waals surface area contributed by atoms with Gasteiger partial charge in [0.1, 0.15) is 0 Å². The van der Waals surface area contributed by atoms with E-state index in [1.807, 2.05) is 0 Å². The Balaban J connectivity index is 0.000000292. The molecular weight excluding hydrogens is 212 g/mol. The fraction of sp³-hybridized carbons (Fsp3) is 0.833. The van der Waals surface area contributed by atoms with Crippen LogP contribution in [0.15, 0.2) is 0 Å². The molecule has 0 unspecified atom stereocenters. The van der Waals surface area contributed by atoms with E-state index in [4.69, 9.17) is 9.66 Å². The van der Waals surface area contributed by atoms with Gasteiger partial charge in [-0.3, -0.25) is 4.55 Å². The van der Waals surface area contributed by atoms with Gasteiger partial charge in [0, 0.05) is 26.2 Å².